The Balaban J connectivity index is 1.93. The second-order valence-corrected chi connectivity index (χ2v) is 8.29. The summed E-state index contributed by atoms with van der Waals surface area (Å²) in [6.07, 6.45) is 0.0263. The van der Waals surface area contributed by atoms with E-state index in [0.29, 0.717) is 30.3 Å². The van der Waals surface area contributed by atoms with Crippen LogP contribution >= 0.6 is 0 Å². The van der Waals surface area contributed by atoms with Crippen molar-refractivity contribution in [2.45, 2.75) is 46.6 Å². The van der Waals surface area contributed by atoms with Crippen LogP contribution < -0.4 is 10.1 Å². The molecule has 3 rings (SSSR count). The maximum Gasteiger partial charge on any atom is 0.278 e. The molecule has 0 saturated heterocycles. The summed E-state index contributed by atoms with van der Waals surface area (Å²) < 4.78 is 11.1. The molecular weight excluding hydrogens is 404 g/mol. The molecule has 0 saturated carbocycles. The third-order valence-corrected chi connectivity index (χ3v) is 5.23. The number of benzene rings is 2. The standard InChI is InChI=1S/C26H32N2O4/c1-6-31-22-13-9-20(10-14-22)23-24(27-21-11-7-19(8-12-21)17(2)3)26(30)28(25(23)29)15-16-32-18(4)5/h7-14,17-18,27H,6,15-16H2,1-5H3. The van der Waals surface area contributed by atoms with Gasteiger partial charge in [0.2, 0.25) is 0 Å². The minimum absolute atomic E-state index is 0.0263. The summed E-state index contributed by atoms with van der Waals surface area (Å²) in [5, 5.41) is 3.20. The van der Waals surface area contributed by atoms with Gasteiger partial charge in [-0.15, -0.1) is 0 Å². The highest BCUT2D eigenvalue weighted by molar-refractivity contribution is 6.36. The number of nitrogens with zero attached hydrogens (tertiary/aromatic N) is 1. The van der Waals surface area contributed by atoms with Crippen molar-refractivity contribution in [1.29, 1.82) is 0 Å². The fourth-order valence-electron chi connectivity index (χ4n) is 3.52. The largest absolute Gasteiger partial charge is 0.494 e. The van der Waals surface area contributed by atoms with Crippen LogP contribution in [0.15, 0.2) is 54.2 Å². The first-order valence-electron chi connectivity index (χ1n) is 11.1. The van der Waals surface area contributed by atoms with Crippen LogP contribution in [0.4, 0.5) is 5.69 Å². The van der Waals surface area contributed by atoms with Crippen molar-refractivity contribution in [3.8, 4) is 5.75 Å². The van der Waals surface area contributed by atoms with Crippen molar-refractivity contribution in [2.75, 3.05) is 25.1 Å². The molecule has 2 amide bonds. The fourth-order valence-corrected chi connectivity index (χ4v) is 3.52. The Bertz CT molecular complexity index is 976. The number of anilines is 1. The van der Waals surface area contributed by atoms with Crippen LogP contribution in [-0.4, -0.2) is 42.6 Å². The van der Waals surface area contributed by atoms with E-state index in [4.69, 9.17) is 9.47 Å². The number of rotatable bonds is 10. The summed E-state index contributed by atoms with van der Waals surface area (Å²) in [5.41, 5.74) is 3.27. The van der Waals surface area contributed by atoms with E-state index in [2.05, 4.69) is 19.2 Å². The van der Waals surface area contributed by atoms with Gasteiger partial charge in [0.25, 0.3) is 11.8 Å². The maximum atomic E-state index is 13.3. The average molecular weight is 437 g/mol. The Hall–Kier alpha value is -3.12. The molecule has 0 aliphatic carbocycles. The molecule has 0 atom stereocenters. The maximum absolute atomic E-state index is 13.3. The molecule has 2 aromatic carbocycles. The number of nitrogens with one attached hydrogen (secondary N) is 1. The number of imide groups is 1. The molecule has 0 spiro atoms. The summed E-state index contributed by atoms with van der Waals surface area (Å²) in [5.74, 6) is 0.454. The third-order valence-electron chi connectivity index (χ3n) is 5.23. The summed E-state index contributed by atoms with van der Waals surface area (Å²) in [7, 11) is 0. The van der Waals surface area contributed by atoms with E-state index in [-0.39, 0.29) is 30.2 Å². The Morgan fingerprint density at radius 3 is 2.12 bits per heavy atom. The molecule has 0 aromatic heterocycles. The lowest BCUT2D eigenvalue weighted by molar-refractivity contribution is -0.137. The van der Waals surface area contributed by atoms with Crippen molar-refractivity contribution >= 4 is 23.1 Å². The first kappa shape index (κ1) is 23.5. The van der Waals surface area contributed by atoms with E-state index >= 15 is 0 Å². The molecule has 6 nitrogen and oxygen atoms in total. The number of carbonyl (C=O) groups is 2. The van der Waals surface area contributed by atoms with Gasteiger partial charge in [-0.05, 0) is 62.1 Å². The summed E-state index contributed by atoms with van der Waals surface area (Å²) >= 11 is 0. The highest BCUT2D eigenvalue weighted by Crippen LogP contribution is 2.31. The molecule has 2 aromatic rings. The Morgan fingerprint density at radius 2 is 1.56 bits per heavy atom. The SMILES string of the molecule is CCOc1ccc(C2=C(Nc3ccc(C(C)C)cc3)C(=O)N(CCOC(C)C)C2=O)cc1. The molecule has 1 N–H and O–H groups in total. The predicted octanol–water partition coefficient (Wildman–Crippen LogP) is 4.83. The quantitative estimate of drug-likeness (QED) is 0.541. The first-order chi connectivity index (χ1) is 15.3. The highest BCUT2D eigenvalue weighted by Gasteiger charge is 2.39. The van der Waals surface area contributed by atoms with Gasteiger partial charge in [-0.2, -0.15) is 0 Å². The topological polar surface area (TPSA) is 67.9 Å². The van der Waals surface area contributed by atoms with Crippen LogP contribution in [0.1, 0.15) is 51.7 Å². The van der Waals surface area contributed by atoms with Gasteiger partial charge in [0.1, 0.15) is 11.4 Å². The van der Waals surface area contributed by atoms with Gasteiger partial charge in [0.15, 0.2) is 0 Å². The van der Waals surface area contributed by atoms with E-state index in [9.17, 15) is 9.59 Å². The highest BCUT2D eigenvalue weighted by atomic mass is 16.5. The molecule has 6 heteroatoms. The van der Waals surface area contributed by atoms with Crippen molar-refractivity contribution < 1.29 is 19.1 Å². The van der Waals surface area contributed by atoms with Crippen molar-refractivity contribution in [1.82, 2.24) is 4.90 Å². The Morgan fingerprint density at radius 1 is 0.906 bits per heavy atom. The van der Waals surface area contributed by atoms with E-state index in [1.807, 2.05) is 69.3 Å². The second-order valence-electron chi connectivity index (χ2n) is 8.29. The molecule has 0 fully saturated rings. The zero-order valence-corrected chi connectivity index (χ0v) is 19.5. The van der Waals surface area contributed by atoms with Gasteiger partial charge in [0.05, 0.1) is 31.4 Å². The average Bonchev–Trinajstić information content (AvgIpc) is 2.99. The minimum Gasteiger partial charge on any atom is -0.494 e. The number of amides is 2. The van der Waals surface area contributed by atoms with Crippen LogP contribution in [0.25, 0.3) is 5.57 Å². The van der Waals surface area contributed by atoms with Gasteiger partial charge in [-0.1, -0.05) is 38.1 Å². The van der Waals surface area contributed by atoms with Gasteiger partial charge >= 0.3 is 0 Å². The van der Waals surface area contributed by atoms with Gasteiger partial charge in [-0.25, -0.2) is 0 Å². The van der Waals surface area contributed by atoms with Gasteiger partial charge < -0.3 is 14.8 Å². The lowest BCUT2D eigenvalue weighted by atomic mass is 10.0. The molecule has 0 bridgehead atoms. The molecule has 32 heavy (non-hydrogen) atoms. The molecule has 0 radical (unpaired) electrons. The molecule has 170 valence electrons. The smallest absolute Gasteiger partial charge is 0.278 e. The van der Waals surface area contributed by atoms with Crippen LogP contribution in [-0.2, 0) is 14.3 Å². The molecular formula is C26H32N2O4. The zero-order valence-electron chi connectivity index (χ0n) is 19.5. The van der Waals surface area contributed by atoms with Crippen molar-refractivity contribution in [2.24, 2.45) is 0 Å². The van der Waals surface area contributed by atoms with Crippen LogP contribution in [0.2, 0.25) is 0 Å². The summed E-state index contributed by atoms with van der Waals surface area (Å²) in [4.78, 5) is 27.7. The summed E-state index contributed by atoms with van der Waals surface area (Å²) in [6, 6.07) is 15.2. The lowest BCUT2D eigenvalue weighted by Crippen LogP contribution is -2.35. The molecule has 1 heterocycles. The number of carbonyl (C=O) groups excluding carboxylic acids is 2. The molecule has 0 unspecified atom stereocenters. The zero-order chi connectivity index (χ0) is 23.3. The number of ether oxygens (including phenoxy) is 2. The number of hydrogen-bond donors (Lipinski definition) is 1. The fraction of sp³-hybridized carbons (Fsp3) is 0.385. The van der Waals surface area contributed by atoms with Gasteiger partial charge in [0, 0.05) is 5.69 Å². The van der Waals surface area contributed by atoms with Gasteiger partial charge in [-0.3, -0.25) is 14.5 Å². The normalized spacial score (nSPS) is 14.2. The Kier molecular flexibility index (Phi) is 7.70. The van der Waals surface area contributed by atoms with Crippen molar-refractivity contribution in [3.63, 3.8) is 0 Å². The van der Waals surface area contributed by atoms with Crippen LogP contribution in [0.5, 0.6) is 5.75 Å². The van der Waals surface area contributed by atoms with Crippen LogP contribution in [0.3, 0.4) is 0 Å². The van der Waals surface area contributed by atoms with Crippen LogP contribution in [0, 0.1) is 0 Å². The third kappa shape index (κ3) is 5.37. The lowest BCUT2D eigenvalue weighted by Gasteiger charge is -2.16. The first-order valence-corrected chi connectivity index (χ1v) is 11.1. The van der Waals surface area contributed by atoms with E-state index in [1.54, 1.807) is 0 Å². The Labute approximate surface area is 190 Å². The molecule has 1 aliphatic rings. The predicted molar refractivity (Wildman–Crippen MR) is 126 cm³/mol. The van der Waals surface area contributed by atoms with E-state index < -0.39 is 0 Å². The second kappa shape index (κ2) is 10.5. The summed E-state index contributed by atoms with van der Waals surface area (Å²) in [6.45, 7) is 11.1. The monoisotopic (exact) mass is 436 g/mol. The molecule has 1 aliphatic heterocycles. The van der Waals surface area contributed by atoms with E-state index in [0.717, 1.165) is 11.4 Å². The van der Waals surface area contributed by atoms with E-state index in [1.165, 1.54) is 10.5 Å². The van der Waals surface area contributed by atoms with Crippen molar-refractivity contribution in [3.05, 3.63) is 65.4 Å². The number of hydrogen-bond acceptors (Lipinski definition) is 5. The minimum atomic E-state index is -0.348.